The Morgan fingerprint density at radius 1 is 1.08 bits per heavy atom. The molecule has 0 aromatic carbocycles. The largest absolute Gasteiger partial charge is 0.444 e. The van der Waals surface area contributed by atoms with E-state index in [1.165, 1.54) is 0 Å². The highest BCUT2D eigenvalue weighted by Crippen LogP contribution is 2.47. The van der Waals surface area contributed by atoms with Crippen LogP contribution in [0.5, 0.6) is 0 Å². The molecule has 24 heavy (non-hydrogen) atoms. The molecule has 0 rings (SSSR count). The highest BCUT2D eigenvalue weighted by atomic mass is 31.2. The van der Waals surface area contributed by atoms with Crippen LogP contribution in [0.15, 0.2) is 0 Å². The van der Waals surface area contributed by atoms with Crippen molar-refractivity contribution < 1.29 is 27.9 Å². The van der Waals surface area contributed by atoms with Crippen molar-refractivity contribution in [2.45, 2.75) is 59.6 Å². The summed E-state index contributed by atoms with van der Waals surface area (Å²) in [6.45, 7) is 11.1. The lowest BCUT2D eigenvalue weighted by Gasteiger charge is -2.23. The van der Waals surface area contributed by atoms with Crippen LogP contribution in [-0.4, -0.2) is 49.6 Å². The van der Waals surface area contributed by atoms with Gasteiger partial charge in [-0.15, -0.1) is 0 Å². The number of amides is 2. The van der Waals surface area contributed by atoms with Gasteiger partial charge in [0.1, 0.15) is 11.6 Å². The third kappa shape index (κ3) is 9.90. The van der Waals surface area contributed by atoms with E-state index in [4.69, 9.17) is 13.8 Å². The van der Waals surface area contributed by atoms with Crippen LogP contribution < -0.4 is 10.6 Å². The maximum absolute atomic E-state index is 12.3. The first-order valence-electron chi connectivity index (χ1n) is 8.22. The minimum atomic E-state index is -3.20. The molecule has 0 radical (unpaired) electrons. The number of carbonyl (C=O) groups excluding carboxylic acids is 2. The summed E-state index contributed by atoms with van der Waals surface area (Å²) in [7, 11) is -3.20. The Bertz CT molecular complexity index is 440. The highest BCUT2D eigenvalue weighted by Gasteiger charge is 2.26. The molecule has 0 bridgehead atoms. The van der Waals surface area contributed by atoms with Gasteiger partial charge in [-0.3, -0.25) is 9.36 Å². The van der Waals surface area contributed by atoms with Crippen molar-refractivity contribution in [1.82, 2.24) is 10.6 Å². The minimum Gasteiger partial charge on any atom is -0.444 e. The van der Waals surface area contributed by atoms with Crippen LogP contribution in [-0.2, 0) is 23.1 Å². The zero-order valence-corrected chi connectivity index (χ0v) is 16.4. The van der Waals surface area contributed by atoms with Crippen LogP contribution in [0.2, 0.25) is 0 Å². The summed E-state index contributed by atoms with van der Waals surface area (Å²) in [6.07, 6.45) is -0.179. The van der Waals surface area contributed by atoms with Crippen LogP contribution in [0.25, 0.3) is 0 Å². The maximum atomic E-state index is 12.3. The topological polar surface area (TPSA) is 103 Å². The Hall–Kier alpha value is -1.11. The lowest BCUT2D eigenvalue weighted by molar-refractivity contribution is -0.123. The predicted octanol–water partition coefficient (Wildman–Crippen LogP) is 2.67. The normalized spacial score (nSPS) is 13.2. The molecule has 2 amide bonds. The molecule has 0 aromatic heterocycles. The van der Waals surface area contributed by atoms with Gasteiger partial charge >= 0.3 is 13.7 Å². The molecule has 0 aliphatic rings. The van der Waals surface area contributed by atoms with E-state index >= 15 is 0 Å². The van der Waals surface area contributed by atoms with Gasteiger partial charge in [-0.25, -0.2) is 4.79 Å². The van der Waals surface area contributed by atoms with E-state index in [2.05, 4.69) is 10.6 Å². The maximum Gasteiger partial charge on any atom is 0.408 e. The Balaban J connectivity index is 4.46. The summed E-state index contributed by atoms with van der Waals surface area (Å²) < 4.78 is 27.7. The quantitative estimate of drug-likeness (QED) is 0.576. The van der Waals surface area contributed by atoms with Crippen LogP contribution in [0.3, 0.4) is 0 Å². The van der Waals surface area contributed by atoms with Crippen LogP contribution in [0.4, 0.5) is 4.79 Å². The summed E-state index contributed by atoms with van der Waals surface area (Å²) in [6, 6.07) is -0.724. The van der Waals surface area contributed by atoms with Gasteiger partial charge in [-0.05, 0) is 41.0 Å². The average molecular weight is 366 g/mol. The summed E-state index contributed by atoms with van der Waals surface area (Å²) in [4.78, 5) is 23.9. The Morgan fingerprint density at radius 2 is 1.62 bits per heavy atom. The molecule has 9 heteroatoms. The molecule has 0 saturated heterocycles. The van der Waals surface area contributed by atoms with Crippen molar-refractivity contribution in [2.24, 2.45) is 0 Å². The third-order valence-electron chi connectivity index (χ3n) is 2.75. The molecule has 2 N–H and O–H groups in total. The van der Waals surface area contributed by atoms with E-state index < -0.39 is 25.3 Å². The first kappa shape index (κ1) is 22.9. The highest BCUT2D eigenvalue weighted by molar-refractivity contribution is 7.53. The van der Waals surface area contributed by atoms with Gasteiger partial charge < -0.3 is 24.4 Å². The van der Waals surface area contributed by atoms with Gasteiger partial charge in [0.05, 0.1) is 19.4 Å². The van der Waals surface area contributed by atoms with Crippen molar-refractivity contribution in [2.75, 3.05) is 25.9 Å². The number of alkyl carbamates (subject to hydrolysis) is 1. The first-order valence-corrected chi connectivity index (χ1v) is 9.95. The Kier molecular flexibility index (Phi) is 10.2. The zero-order valence-electron chi connectivity index (χ0n) is 15.5. The molecule has 0 aliphatic heterocycles. The SMILES string of the molecule is CCOP(=O)(CCNC(=O)[C@H](CC)NC(=O)OC(C)(C)C)OCC. The van der Waals surface area contributed by atoms with Gasteiger partial charge in [0.15, 0.2) is 0 Å². The van der Waals surface area contributed by atoms with E-state index in [-0.39, 0.29) is 31.8 Å². The molecular weight excluding hydrogens is 335 g/mol. The van der Waals surface area contributed by atoms with Gasteiger partial charge in [0, 0.05) is 6.54 Å². The fraction of sp³-hybridized carbons (Fsp3) is 0.867. The molecule has 8 nitrogen and oxygen atoms in total. The standard InChI is InChI=1S/C15H31N2O6P/c1-7-12(17-14(19)23-15(4,5)6)13(18)16-10-11-24(20,21-8-2)22-9-3/h12H,7-11H2,1-6H3,(H,16,18)(H,17,19)/t12-/m0/s1. The van der Waals surface area contributed by atoms with Crippen molar-refractivity contribution in [3.05, 3.63) is 0 Å². The molecule has 0 unspecified atom stereocenters. The van der Waals surface area contributed by atoms with Gasteiger partial charge in [-0.1, -0.05) is 6.92 Å². The van der Waals surface area contributed by atoms with Gasteiger partial charge in [0.25, 0.3) is 0 Å². The summed E-state index contributed by atoms with van der Waals surface area (Å²) in [5.41, 5.74) is -0.638. The zero-order chi connectivity index (χ0) is 18.8. The number of carbonyl (C=O) groups is 2. The number of ether oxygens (including phenoxy) is 1. The Labute approximate surface area is 144 Å². The smallest absolute Gasteiger partial charge is 0.408 e. The molecule has 142 valence electrons. The van der Waals surface area contributed by atoms with Gasteiger partial charge in [-0.2, -0.15) is 0 Å². The third-order valence-corrected chi connectivity index (χ3v) is 4.83. The molecule has 1 atom stereocenters. The minimum absolute atomic E-state index is 0.0727. The second-order valence-electron chi connectivity index (χ2n) is 6.07. The molecular formula is C15H31N2O6P. The number of hydrogen-bond donors (Lipinski definition) is 2. The molecule has 0 aliphatic carbocycles. The van der Waals surface area contributed by atoms with Crippen molar-refractivity contribution in [1.29, 1.82) is 0 Å². The van der Waals surface area contributed by atoms with Crippen molar-refractivity contribution >= 4 is 19.6 Å². The second kappa shape index (κ2) is 10.7. The second-order valence-corrected chi connectivity index (χ2v) is 8.25. The number of nitrogens with one attached hydrogen (secondary N) is 2. The fourth-order valence-corrected chi connectivity index (χ4v) is 3.31. The van der Waals surface area contributed by atoms with Crippen molar-refractivity contribution in [3.8, 4) is 0 Å². The van der Waals surface area contributed by atoms with E-state index in [0.717, 1.165) is 0 Å². The number of rotatable bonds is 10. The average Bonchev–Trinajstić information content (AvgIpc) is 2.43. The molecule has 0 spiro atoms. The molecule has 0 saturated carbocycles. The lowest BCUT2D eigenvalue weighted by Crippen LogP contribution is -2.48. The monoisotopic (exact) mass is 366 g/mol. The lowest BCUT2D eigenvalue weighted by atomic mass is 10.2. The molecule has 0 aromatic rings. The summed E-state index contributed by atoms with van der Waals surface area (Å²) in [5.74, 6) is -0.372. The Morgan fingerprint density at radius 3 is 2.04 bits per heavy atom. The number of hydrogen-bond acceptors (Lipinski definition) is 6. The van der Waals surface area contributed by atoms with E-state index in [0.29, 0.717) is 6.42 Å². The van der Waals surface area contributed by atoms with E-state index in [1.54, 1.807) is 41.5 Å². The van der Waals surface area contributed by atoms with Crippen molar-refractivity contribution in [3.63, 3.8) is 0 Å². The molecule has 0 fully saturated rings. The van der Waals surface area contributed by atoms with E-state index in [9.17, 15) is 14.2 Å². The predicted molar refractivity (Wildman–Crippen MR) is 92.2 cm³/mol. The fourth-order valence-electron chi connectivity index (χ4n) is 1.80. The first-order chi connectivity index (χ1) is 11.1. The van der Waals surface area contributed by atoms with Crippen LogP contribution in [0, 0.1) is 0 Å². The molecule has 0 heterocycles. The van der Waals surface area contributed by atoms with Crippen LogP contribution in [0.1, 0.15) is 48.0 Å². The summed E-state index contributed by atoms with van der Waals surface area (Å²) >= 11 is 0. The van der Waals surface area contributed by atoms with E-state index in [1.807, 2.05) is 0 Å². The van der Waals surface area contributed by atoms with Crippen LogP contribution >= 0.6 is 7.60 Å². The summed E-state index contributed by atoms with van der Waals surface area (Å²) in [5, 5.41) is 5.15. The van der Waals surface area contributed by atoms with Gasteiger partial charge in [0.2, 0.25) is 5.91 Å².